The van der Waals surface area contributed by atoms with E-state index in [0.717, 1.165) is 10.8 Å². The topological polar surface area (TPSA) is 29.1 Å². The summed E-state index contributed by atoms with van der Waals surface area (Å²) in [5.41, 5.74) is 0.691. The number of carbonyl (C=O) groups is 1. The van der Waals surface area contributed by atoms with E-state index in [9.17, 15) is 4.79 Å². The Kier molecular flexibility index (Phi) is 4.18. The highest BCUT2D eigenvalue weighted by Crippen LogP contribution is 2.21. The van der Waals surface area contributed by atoms with Gasteiger partial charge in [0.05, 0.1) is 4.34 Å². The zero-order chi connectivity index (χ0) is 12.1. The Morgan fingerprint density at radius 2 is 1.94 bits per heavy atom. The molecule has 0 bridgehead atoms. The molecule has 2 rings (SSSR count). The number of hydrogen-bond acceptors (Lipinski definition) is 2. The van der Waals surface area contributed by atoms with Crippen molar-refractivity contribution in [1.82, 2.24) is 5.32 Å². The lowest BCUT2D eigenvalue weighted by Crippen LogP contribution is -2.25. The first kappa shape index (κ1) is 12.1. The van der Waals surface area contributed by atoms with Crippen molar-refractivity contribution in [3.8, 4) is 0 Å². The quantitative estimate of drug-likeness (QED) is 0.902. The van der Waals surface area contributed by atoms with Gasteiger partial charge in [0, 0.05) is 17.0 Å². The fourth-order valence-electron chi connectivity index (χ4n) is 1.48. The van der Waals surface area contributed by atoms with Gasteiger partial charge in [0.1, 0.15) is 0 Å². The number of rotatable bonds is 4. The van der Waals surface area contributed by atoms with Gasteiger partial charge in [-0.15, -0.1) is 11.3 Å². The molecule has 0 aliphatic carbocycles. The molecule has 1 N–H and O–H groups in total. The number of amides is 1. The molecular weight excluding hydrogens is 254 g/mol. The summed E-state index contributed by atoms with van der Waals surface area (Å²) in [4.78, 5) is 12.9. The largest absolute Gasteiger partial charge is 0.352 e. The Morgan fingerprint density at radius 3 is 2.59 bits per heavy atom. The number of nitrogens with one attached hydrogen (secondary N) is 1. The summed E-state index contributed by atoms with van der Waals surface area (Å²) in [5, 5.41) is 2.88. The molecule has 1 aromatic carbocycles. The van der Waals surface area contributed by atoms with Gasteiger partial charge in [0.25, 0.3) is 5.91 Å². The van der Waals surface area contributed by atoms with E-state index in [1.165, 1.54) is 4.88 Å². The van der Waals surface area contributed by atoms with Crippen molar-refractivity contribution >= 4 is 28.8 Å². The summed E-state index contributed by atoms with van der Waals surface area (Å²) in [6.07, 6.45) is 0.815. The maximum Gasteiger partial charge on any atom is 0.251 e. The van der Waals surface area contributed by atoms with Gasteiger partial charge in [0.2, 0.25) is 0 Å². The normalized spacial score (nSPS) is 10.2. The predicted molar refractivity (Wildman–Crippen MR) is 71.8 cm³/mol. The highest BCUT2D eigenvalue weighted by atomic mass is 35.5. The first-order valence-electron chi connectivity index (χ1n) is 5.33. The van der Waals surface area contributed by atoms with Crippen LogP contribution in [0.1, 0.15) is 15.2 Å². The lowest BCUT2D eigenvalue weighted by Gasteiger charge is -2.03. The fraction of sp³-hybridized carbons (Fsp3) is 0.154. The second kappa shape index (κ2) is 5.84. The van der Waals surface area contributed by atoms with E-state index in [0.29, 0.717) is 12.1 Å². The molecule has 1 amide bonds. The van der Waals surface area contributed by atoms with Crippen LogP contribution in [0.25, 0.3) is 0 Å². The summed E-state index contributed by atoms with van der Waals surface area (Å²) < 4.78 is 0.786. The molecule has 0 aliphatic rings. The molecule has 0 spiro atoms. The van der Waals surface area contributed by atoms with E-state index in [1.54, 1.807) is 23.5 Å². The second-order valence-electron chi connectivity index (χ2n) is 3.58. The van der Waals surface area contributed by atoms with Crippen molar-refractivity contribution in [2.75, 3.05) is 6.54 Å². The van der Waals surface area contributed by atoms with Crippen LogP contribution in [0.3, 0.4) is 0 Å². The van der Waals surface area contributed by atoms with Gasteiger partial charge in [0.15, 0.2) is 0 Å². The van der Waals surface area contributed by atoms with Gasteiger partial charge in [-0.3, -0.25) is 4.79 Å². The van der Waals surface area contributed by atoms with Gasteiger partial charge >= 0.3 is 0 Å². The summed E-state index contributed by atoms with van der Waals surface area (Å²) in [6, 6.07) is 13.1. The zero-order valence-corrected chi connectivity index (χ0v) is 10.7. The minimum Gasteiger partial charge on any atom is -0.352 e. The molecular formula is C13H12ClNOS. The van der Waals surface area contributed by atoms with Gasteiger partial charge in [-0.05, 0) is 30.7 Å². The maximum absolute atomic E-state index is 11.7. The van der Waals surface area contributed by atoms with E-state index in [2.05, 4.69) is 5.32 Å². The van der Waals surface area contributed by atoms with Crippen LogP contribution >= 0.6 is 22.9 Å². The van der Waals surface area contributed by atoms with Crippen LogP contribution in [0.2, 0.25) is 4.34 Å². The average Bonchev–Trinajstić information content (AvgIpc) is 2.76. The summed E-state index contributed by atoms with van der Waals surface area (Å²) in [6.45, 7) is 0.630. The van der Waals surface area contributed by atoms with Crippen LogP contribution < -0.4 is 5.32 Å². The first-order valence-corrected chi connectivity index (χ1v) is 6.52. The number of thiophene rings is 1. The lowest BCUT2D eigenvalue weighted by atomic mass is 10.2. The molecule has 0 aliphatic heterocycles. The van der Waals surface area contributed by atoms with Gasteiger partial charge in [-0.25, -0.2) is 0 Å². The molecule has 88 valence electrons. The highest BCUT2D eigenvalue weighted by Gasteiger charge is 2.04. The van der Waals surface area contributed by atoms with E-state index in [-0.39, 0.29) is 5.91 Å². The molecule has 2 aromatic rings. The van der Waals surface area contributed by atoms with Crippen LogP contribution in [0.4, 0.5) is 0 Å². The Morgan fingerprint density at radius 1 is 1.18 bits per heavy atom. The molecule has 0 radical (unpaired) electrons. The van der Waals surface area contributed by atoms with Crippen molar-refractivity contribution in [3.05, 3.63) is 57.2 Å². The first-order chi connectivity index (χ1) is 8.25. The number of benzene rings is 1. The van der Waals surface area contributed by atoms with E-state index < -0.39 is 0 Å². The van der Waals surface area contributed by atoms with Crippen LogP contribution in [0, 0.1) is 0 Å². The van der Waals surface area contributed by atoms with Crippen LogP contribution in [-0.4, -0.2) is 12.5 Å². The van der Waals surface area contributed by atoms with Gasteiger partial charge < -0.3 is 5.32 Å². The van der Waals surface area contributed by atoms with Crippen molar-refractivity contribution in [2.45, 2.75) is 6.42 Å². The van der Waals surface area contributed by atoms with Crippen LogP contribution in [0.5, 0.6) is 0 Å². The standard InChI is InChI=1S/C13H12ClNOS/c14-12-7-6-11(17-12)8-9-15-13(16)10-4-2-1-3-5-10/h1-7H,8-9H2,(H,15,16). The molecule has 0 unspecified atom stereocenters. The summed E-state index contributed by atoms with van der Waals surface area (Å²) in [7, 11) is 0. The summed E-state index contributed by atoms with van der Waals surface area (Å²) in [5.74, 6) is -0.0340. The lowest BCUT2D eigenvalue weighted by molar-refractivity contribution is 0.0954. The van der Waals surface area contributed by atoms with Gasteiger partial charge in [-0.2, -0.15) is 0 Å². The molecule has 17 heavy (non-hydrogen) atoms. The van der Waals surface area contributed by atoms with E-state index in [4.69, 9.17) is 11.6 Å². The average molecular weight is 266 g/mol. The Bertz CT molecular complexity index is 495. The Hall–Kier alpha value is -1.32. The van der Waals surface area contributed by atoms with Crippen molar-refractivity contribution in [1.29, 1.82) is 0 Å². The van der Waals surface area contributed by atoms with E-state index >= 15 is 0 Å². The third kappa shape index (κ3) is 3.58. The monoisotopic (exact) mass is 265 g/mol. The number of hydrogen-bond donors (Lipinski definition) is 1. The van der Waals surface area contributed by atoms with Crippen LogP contribution in [-0.2, 0) is 6.42 Å². The molecule has 2 nitrogen and oxygen atoms in total. The zero-order valence-electron chi connectivity index (χ0n) is 9.15. The van der Waals surface area contributed by atoms with Crippen molar-refractivity contribution in [2.24, 2.45) is 0 Å². The minimum atomic E-state index is -0.0340. The Balaban J connectivity index is 1.81. The summed E-state index contributed by atoms with van der Waals surface area (Å²) >= 11 is 7.38. The molecule has 1 aromatic heterocycles. The smallest absolute Gasteiger partial charge is 0.251 e. The van der Waals surface area contributed by atoms with Crippen LogP contribution in [0.15, 0.2) is 42.5 Å². The molecule has 0 fully saturated rings. The SMILES string of the molecule is O=C(NCCc1ccc(Cl)s1)c1ccccc1. The third-order valence-corrected chi connectivity index (χ3v) is 3.61. The second-order valence-corrected chi connectivity index (χ2v) is 5.38. The minimum absolute atomic E-state index is 0.0340. The molecule has 0 saturated carbocycles. The fourth-order valence-corrected chi connectivity index (χ4v) is 2.56. The van der Waals surface area contributed by atoms with Crippen molar-refractivity contribution < 1.29 is 4.79 Å². The predicted octanol–water partition coefficient (Wildman–Crippen LogP) is 3.37. The third-order valence-electron chi connectivity index (χ3n) is 2.32. The molecule has 1 heterocycles. The highest BCUT2D eigenvalue weighted by molar-refractivity contribution is 7.16. The number of carbonyl (C=O) groups excluding carboxylic acids is 1. The Labute approximate surface area is 109 Å². The van der Waals surface area contributed by atoms with E-state index in [1.807, 2.05) is 30.3 Å². The van der Waals surface area contributed by atoms with Gasteiger partial charge in [-0.1, -0.05) is 29.8 Å². The molecule has 4 heteroatoms. The maximum atomic E-state index is 11.7. The molecule has 0 saturated heterocycles. The molecule has 0 atom stereocenters. The number of halogens is 1. The van der Waals surface area contributed by atoms with Crippen molar-refractivity contribution in [3.63, 3.8) is 0 Å².